The second-order valence-corrected chi connectivity index (χ2v) is 4.66. The van der Waals surface area contributed by atoms with Gasteiger partial charge in [0.2, 0.25) is 0 Å². The maximum absolute atomic E-state index is 12.1. The Morgan fingerprint density at radius 2 is 1.75 bits per heavy atom. The summed E-state index contributed by atoms with van der Waals surface area (Å²) >= 11 is 0. The maximum atomic E-state index is 12.1. The van der Waals surface area contributed by atoms with Gasteiger partial charge in [-0.3, -0.25) is 4.79 Å². The summed E-state index contributed by atoms with van der Waals surface area (Å²) in [5.74, 6) is 0.644. The van der Waals surface area contributed by atoms with Crippen molar-refractivity contribution < 1.29 is 14.6 Å². The van der Waals surface area contributed by atoms with Crippen molar-refractivity contribution in [2.75, 3.05) is 11.5 Å². The van der Waals surface area contributed by atoms with E-state index in [1.807, 2.05) is 48.5 Å². The summed E-state index contributed by atoms with van der Waals surface area (Å²) in [4.78, 5) is 13.8. The number of para-hydroxylation sites is 2. The number of rotatable bonds is 3. The lowest BCUT2D eigenvalue weighted by Gasteiger charge is -2.29. The summed E-state index contributed by atoms with van der Waals surface area (Å²) in [6, 6.07) is 15.1. The molecule has 1 amide bonds. The van der Waals surface area contributed by atoms with Gasteiger partial charge in [-0.1, -0.05) is 36.4 Å². The molecule has 0 saturated carbocycles. The fourth-order valence-corrected chi connectivity index (χ4v) is 2.36. The van der Waals surface area contributed by atoms with Crippen LogP contribution in [0.2, 0.25) is 0 Å². The molecule has 3 rings (SSSR count). The summed E-state index contributed by atoms with van der Waals surface area (Å²) in [6.45, 7) is 0.463. The van der Waals surface area contributed by atoms with Crippen molar-refractivity contribution in [1.29, 1.82) is 0 Å². The minimum absolute atomic E-state index is 0.0314. The van der Waals surface area contributed by atoms with Gasteiger partial charge in [-0.15, -0.1) is 0 Å². The van der Waals surface area contributed by atoms with E-state index in [0.717, 1.165) is 16.8 Å². The Hall–Kier alpha value is -2.33. The van der Waals surface area contributed by atoms with Crippen molar-refractivity contribution in [2.45, 2.75) is 13.2 Å². The second-order valence-electron chi connectivity index (χ2n) is 4.66. The van der Waals surface area contributed by atoms with Crippen LogP contribution in [-0.4, -0.2) is 17.6 Å². The third-order valence-corrected chi connectivity index (χ3v) is 3.43. The van der Waals surface area contributed by atoms with E-state index in [1.54, 1.807) is 4.90 Å². The molecule has 1 heterocycles. The van der Waals surface area contributed by atoms with Crippen LogP contribution in [0.3, 0.4) is 0 Å². The third kappa shape index (κ3) is 2.26. The first-order valence-corrected chi connectivity index (χ1v) is 6.49. The van der Waals surface area contributed by atoms with E-state index in [2.05, 4.69) is 0 Å². The van der Waals surface area contributed by atoms with Gasteiger partial charge in [0.15, 0.2) is 6.61 Å². The number of anilines is 1. The molecule has 1 aliphatic heterocycles. The lowest BCUT2D eigenvalue weighted by molar-refractivity contribution is -0.121. The summed E-state index contributed by atoms with van der Waals surface area (Å²) in [7, 11) is 0. The van der Waals surface area contributed by atoms with Crippen LogP contribution in [0.4, 0.5) is 5.69 Å². The molecule has 0 bridgehead atoms. The minimum Gasteiger partial charge on any atom is -0.482 e. The van der Waals surface area contributed by atoms with Gasteiger partial charge in [-0.2, -0.15) is 0 Å². The van der Waals surface area contributed by atoms with Gasteiger partial charge >= 0.3 is 0 Å². The van der Waals surface area contributed by atoms with E-state index in [1.165, 1.54) is 0 Å². The maximum Gasteiger partial charge on any atom is 0.265 e. The molecule has 0 radical (unpaired) electrons. The molecule has 4 heteroatoms. The highest BCUT2D eigenvalue weighted by molar-refractivity contribution is 5.97. The summed E-state index contributed by atoms with van der Waals surface area (Å²) in [6.07, 6.45) is 0. The van der Waals surface area contributed by atoms with E-state index >= 15 is 0 Å². The van der Waals surface area contributed by atoms with Crippen molar-refractivity contribution >= 4 is 11.6 Å². The zero-order valence-electron chi connectivity index (χ0n) is 11.0. The number of hydrogen-bond acceptors (Lipinski definition) is 3. The normalized spacial score (nSPS) is 13.8. The van der Waals surface area contributed by atoms with Crippen molar-refractivity contribution in [3.8, 4) is 5.75 Å². The quantitative estimate of drug-likeness (QED) is 0.928. The monoisotopic (exact) mass is 269 g/mol. The Balaban J connectivity index is 1.96. The molecule has 1 N–H and O–H groups in total. The number of amides is 1. The van der Waals surface area contributed by atoms with Crippen molar-refractivity contribution in [2.24, 2.45) is 0 Å². The molecule has 0 unspecified atom stereocenters. The van der Waals surface area contributed by atoms with Crippen LogP contribution in [0, 0.1) is 0 Å². The topological polar surface area (TPSA) is 49.8 Å². The van der Waals surface area contributed by atoms with Crippen LogP contribution >= 0.6 is 0 Å². The van der Waals surface area contributed by atoms with Gasteiger partial charge < -0.3 is 14.7 Å². The number of aliphatic hydroxyl groups excluding tert-OH is 1. The summed E-state index contributed by atoms with van der Waals surface area (Å²) < 4.78 is 5.42. The molecule has 4 nitrogen and oxygen atoms in total. The Morgan fingerprint density at radius 1 is 1.05 bits per heavy atom. The Labute approximate surface area is 117 Å². The largest absolute Gasteiger partial charge is 0.482 e. The average molecular weight is 269 g/mol. The highest BCUT2D eigenvalue weighted by atomic mass is 16.5. The van der Waals surface area contributed by atoms with Gasteiger partial charge in [0.1, 0.15) is 5.75 Å². The first kappa shape index (κ1) is 12.7. The predicted molar refractivity (Wildman–Crippen MR) is 75.5 cm³/mol. The number of carbonyl (C=O) groups excluding carboxylic acids is 1. The number of fused-ring (bicyclic) bond motifs is 1. The van der Waals surface area contributed by atoms with E-state index in [-0.39, 0.29) is 19.1 Å². The first-order valence-electron chi connectivity index (χ1n) is 6.49. The highest BCUT2D eigenvalue weighted by Gasteiger charge is 2.25. The molecule has 0 atom stereocenters. The Morgan fingerprint density at radius 3 is 2.55 bits per heavy atom. The molecule has 20 heavy (non-hydrogen) atoms. The summed E-state index contributed by atoms with van der Waals surface area (Å²) in [5.41, 5.74) is 2.56. The van der Waals surface area contributed by atoms with E-state index in [9.17, 15) is 9.90 Å². The lowest BCUT2D eigenvalue weighted by Crippen LogP contribution is -2.38. The molecule has 0 spiro atoms. The van der Waals surface area contributed by atoms with Crippen molar-refractivity contribution in [1.82, 2.24) is 0 Å². The van der Waals surface area contributed by atoms with Crippen LogP contribution in [0.5, 0.6) is 5.75 Å². The molecule has 102 valence electrons. The van der Waals surface area contributed by atoms with Crippen LogP contribution in [0.15, 0.2) is 48.5 Å². The number of aliphatic hydroxyl groups is 1. The van der Waals surface area contributed by atoms with Gasteiger partial charge in [0.25, 0.3) is 5.91 Å². The number of hydrogen-bond donors (Lipinski definition) is 1. The van der Waals surface area contributed by atoms with E-state index < -0.39 is 0 Å². The highest BCUT2D eigenvalue weighted by Crippen LogP contribution is 2.32. The number of ether oxygens (including phenoxy) is 1. The van der Waals surface area contributed by atoms with E-state index in [0.29, 0.717) is 12.3 Å². The van der Waals surface area contributed by atoms with Crippen LogP contribution in [0.1, 0.15) is 11.1 Å². The van der Waals surface area contributed by atoms with Crippen LogP contribution < -0.4 is 9.64 Å². The molecule has 1 aliphatic rings. The van der Waals surface area contributed by atoms with Gasteiger partial charge in [0.05, 0.1) is 18.8 Å². The van der Waals surface area contributed by atoms with E-state index in [4.69, 9.17) is 4.74 Å². The number of nitrogens with zero attached hydrogens (tertiary/aromatic N) is 1. The molecular formula is C16H15NO3. The second kappa shape index (κ2) is 5.35. The lowest BCUT2D eigenvalue weighted by atomic mass is 10.1. The fraction of sp³-hybridized carbons (Fsp3) is 0.188. The van der Waals surface area contributed by atoms with Crippen molar-refractivity contribution in [3.05, 3.63) is 59.7 Å². The first-order chi connectivity index (χ1) is 9.79. The molecule has 2 aromatic rings. The Bertz CT molecular complexity index is 639. The molecule has 0 fully saturated rings. The molecule has 0 saturated heterocycles. The van der Waals surface area contributed by atoms with Crippen molar-refractivity contribution in [3.63, 3.8) is 0 Å². The SMILES string of the molecule is O=C1COc2ccccc2N1Cc1ccccc1CO. The van der Waals surface area contributed by atoms with Crippen LogP contribution in [0.25, 0.3) is 0 Å². The van der Waals surface area contributed by atoms with Gasteiger partial charge in [-0.25, -0.2) is 0 Å². The standard InChI is InChI=1S/C16H15NO3/c18-10-13-6-2-1-5-12(13)9-17-14-7-3-4-8-15(14)20-11-16(17)19/h1-8,18H,9-11H2. The molecule has 0 aromatic heterocycles. The minimum atomic E-state index is -0.0727. The third-order valence-electron chi connectivity index (χ3n) is 3.43. The molecule has 2 aromatic carbocycles. The molecular weight excluding hydrogens is 254 g/mol. The number of benzene rings is 2. The Kier molecular flexibility index (Phi) is 3.39. The summed E-state index contributed by atoms with van der Waals surface area (Å²) in [5, 5.41) is 9.38. The number of carbonyl (C=O) groups is 1. The van der Waals surface area contributed by atoms with Gasteiger partial charge in [0, 0.05) is 0 Å². The zero-order valence-corrected chi connectivity index (χ0v) is 11.0. The smallest absolute Gasteiger partial charge is 0.265 e. The fourth-order valence-electron chi connectivity index (χ4n) is 2.36. The van der Waals surface area contributed by atoms with Crippen LogP contribution in [-0.2, 0) is 17.9 Å². The average Bonchev–Trinajstić information content (AvgIpc) is 2.50. The zero-order chi connectivity index (χ0) is 13.9. The predicted octanol–water partition coefficient (Wildman–Crippen LogP) is 2.10. The molecule has 0 aliphatic carbocycles. The van der Waals surface area contributed by atoms with Gasteiger partial charge in [-0.05, 0) is 23.3 Å².